The first-order chi connectivity index (χ1) is 22.9. The fourth-order valence-electron chi connectivity index (χ4n) is 5.72. The Balaban J connectivity index is 0.000000193. The number of phenolic OH excluding ortho intramolecular Hbond substituents is 5. The van der Waals surface area contributed by atoms with Crippen LogP contribution < -0.4 is 14.2 Å². The van der Waals surface area contributed by atoms with Crippen molar-refractivity contribution >= 4 is 23.7 Å². The monoisotopic (exact) mass is 654 g/mol. The Morgan fingerprint density at radius 1 is 0.750 bits per heavy atom. The summed E-state index contributed by atoms with van der Waals surface area (Å²) in [5.74, 6) is -0.188. The summed E-state index contributed by atoms with van der Waals surface area (Å²) in [4.78, 5) is 23.9. The molecule has 11 heteroatoms. The third kappa shape index (κ3) is 7.21. The predicted molar refractivity (Wildman–Crippen MR) is 176 cm³/mol. The van der Waals surface area contributed by atoms with Gasteiger partial charge in [-0.15, -0.1) is 0 Å². The van der Waals surface area contributed by atoms with Crippen LogP contribution in [0.5, 0.6) is 46.0 Å². The summed E-state index contributed by atoms with van der Waals surface area (Å²) < 4.78 is 15.6. The van der Waals surface area contributed by atoms with E-state index in [1.807, 2.05) is 0 Å². The molecule has 2 atom stereocenters. The van der Waals surface area contributed by atoms with Gasteiger partial charge in [-0.3, -0.25) is 9.59 Å². The van der Waals surface area contributed by atoms with Crippen molar-refractivity contribution < 1.29 is 54.4 Å². The molecule has 0 radical (unpaired) electrons. The molecule has 1 aliphatic heterocycles. The van der Waals surface area contributed by atoms with Crippen molar-refractivity contribution in [3.8, 4) is 46.0 Å². The normalized spacial score (nSPS) is 17.4. The lowest BCUT2D eigenvalue weighted by Gasteiger charge is -2.36. The highest BCUT2D eigenvalue weighted by Gasteiger charge is 2.50. The summed E-state index contributed by atoms with van der Waals surface area (Å²) >= 11 is 0. The minimum absolute atomic E-state index is 0.00662. The van der Waals surface area contributed by atoms with Crippen LogP contribution in [-0.4, -0.2) is 68.6 Å². The number of aromatic hydroxyl groups is 5. The van der Waals surface area contributed by atoms with Gasteiger partial charge in [0.1, 0.15) is 23.7 Å². The van der Waals surface area contributed by atoms with Crippen LogP contribution in [0.1, 0.15) is 40.2 Å². The highest BCUT2D eigenvalue weighted by molar-refractivity contribution is 6.10. The van der Waals surface area contributed by atoms with E-state index >= 15 is 0 Å². The average Bonchev–Trinajstić information content (AvgIpc) is 3.35. The zero-order chi connectivity index (χ0) is 34.6. The van der Waals surface area contributed by atoms with E-state index in [4.69, 9.17) is 14.2 Å². The zero-order valence-corrected chi connectivity index (χ0v) is 26.1. The SMILES string of the molecule is COc1cc(/C=C/C(=O)CC(=O)/C=C/c2ccc(O)c(OC)c2)ccc1O.Oc1ccc2c(c1)OC[C@]1(O)Cc3cc(O)c(O)cc3[C@H]21. The quantitative estimate of drug-likeness (QED) is 0.0856. The van der Waals surface area contributed by atoms with E-state index < -0.39 is 5.60 Å². The summed E-state index contributed by atoms with van der Waals surface area (Å²) in [6.45, 7) is 0.102. The average molecular weight is 655 g/mol. The van der Waals surface area contributed by atoms with E-state index in [-0.39, 0.29) is 59.3 Å². The number of carbonyl (C=O) groups is 2. The lowest BCUT2D eigenvalue weighted by Crippen LogP contribution is -2.43. The van der Waals surface area contributed by atoms with E-state index in [1.54, 1.807) is 48.6 Å². The number of aliphatic hydroxyl groups is 1. The maximum Gasteiger partial charge on any atom is 0.163 e. The minimum atomic E-state index is -1.10. The number of fused-ring (bicyclic) bond motifs is 5. The van der Waals surface area contributed by atoms with Gasteiger partial charge in [-0.05, 0) is 76.9 Å². The molecule has 0 saturated heterocycles. The predicted octanol–water partition coefficient (Wildman–Crippen LogP) is 4.98. The van der Waals surface area contributed by atoms with E-state index in [2.05, 4.69) is 0 Å². The number of ether oxygens (including phenoxy) is 3. The van der Waals surface area contributed by atoms with Crippen LogP contribution in [0.15, 0.2) is 78.9 Å². The van der Waals surface area contributed by atoms with Gasteiger partial charge in [-0.25, -0.2) is 0 Å². The highest BCUT2D eigenvalue weighted by atomic mass is 16.5. The van der Waals surface area contributed by atoms with Crippen molar-refractivity contribution in [2.45, 2.75) is 24.4 Å². The molecule has 0 spiro atoms. The third-order valence-corrected chi connectivity index (χ3v) is 8.05. The van der Waals surface area contributed by atoms with Crippen molar-refractivity contribution in [3.05, 3.63) is 107 Å². The molecular weight excluding hydrogens is 620 g/mol. The van der Waals surface area contributed by atoms with Crippen LogP contribution in [0.3, 0.4) is 0 Å². The van der Waals surface area contributed by atoms with Crippen molar-refractivity contribution in [1.29, 1.82) is 0 Å². The first-order valence-corrected chi connectivity index (χ1v) is 14.8. The fraction of sp³-hybridized carbons (Fsp3) is 0.189. The van der Waals surface area contributed by atoms with E-state index in [1.165, 1.54) is 56.7 Å². The molecular formula is C37H34O11. The summed E-state index contributed by atoms with van der Waals surface area (Å²) in [6.07, 6.45) is 5.79. The van der Waals surface area contributed by atoms with Crippen LogP contribution >= 0.6 is 0 Å². The van der Waals surface area contributed by atoms with E-state index in [0.717, 1.165) is 16.7 Å². The van der Waals surface area contributed by atoms with E-state index in [9.17, 15) is 40.2 Å². The molecule has 6 N–H and O–H groups in total. The molecule has 1 heterocycles. The molecule has 4 aromatic carbocycles. The number of hydrogen-bond donors (Lipinski definition) is 6. The Morgan fingerprint density at radius 2 is 1.31 bits per heavy atom. The number of ketones is 2. The Morgan fingerprint density at radius 3 is 1.88 bits per heavy atom. The van der Waals surface area contributed by atoms with Crippen molar-refractivity contribution in [2.24, 2.45) is 0 Å². The second-order valence-corrected chi connectivity index (χ2v) is 11.4. The molecule has 0 unspecified atom stereocenters. The fourth-order valence-corrected chi connectivity index (χ4v) is 5.72. The summed E-state index contributed by atoms with van der Waals surface area (Å²) in [6, 6.07) is 17.1. The molecule has 0 aromatic heterocycles. The minimum Gasteiger partial charge on any atom is -0.508 e. The van der Waals surface area contributed by atoms with Crippen molar-refractivity contribution in [3.63, 3.8) is 0 Å². The number of carbonyl (C=O) groups excluding carboxylic acids is 2. The largest absolute Gasteiger partial charge is 0.508 e. The van der Waals surface area contributed by atoms with Gasteiger partial charge < -0.3 is 44.8 Å². The van der Waals surface area contributed by atoms with Gasteiger partial charge in [-0.2, -0.15) is 0 Å². The molecule has 2 aliphatic rings. The summed E-state index contributed by atoms with van der Waals surface area (Å²) in [5.41, 5.74) is 2.57. The highest BCUT2D eigenvalue weighted by Crippen LogP contribution is 2.53. The number of rotatable bonds is 8. The molecule has 11 nitrogen and oxygen atoms in total. The molecule has 0 amide bonds. The van der Waals surface area contributed by atoms with Gasteiger partial charge in [0.25, 0.3) is 0 Å². The molecule has 4 aromatic rings. The lowest BCUT2D eigenvalue weighted by atomic mass is 9.80. The number of allylic oxidation sites excluding steroid dienone is 2. The standard InChI is InChI=1S/C21H20O6.C16H14O5/c1-26-20-11-14(5-9-18(20)24)3-7-16(22)13-17(23)8-4-15-6-10-19(25)21(12-15)27-2;17-9-1-2-10-14(4-9)21-7-16(20)6-8-3-12(18)13(19)5-11(8)15(10)16/h3-12,24-25H,13H2,1-2H3;1-5,15,17-20H,6-7H2/b7-3+,8-4+;/t;15-,16+/m.0/s1. The molecule has 1 aliphatic carbocycles. The Hall–Kier alpha value is -5.94. The maximum absolute atomic E-state index is 11.9. The molecule has 48 heavy (non-hydrogen) atoms. The summed E-state index contributed by atoms with van der Waals surface area (Å²) in [5, 5.41) is 58.9. The van der Waals surface area contributed by atoms with Gasteiger partial charge in [0, 0.05) is 24.0 Å². The third-order valence-electron chi connectivity index (χ3n) is 8.05. The van der Waals surface area contributed by atoms with E-state index in [0.29, 0.717) is 34.8 Å². The van der Waals surface area contributed by atoms with Crippen molar-refractivity contribution in [1.82, 2.24) is 0 Å². The van der Waals surface area contributed by atoms with Gasteiger partial charge in [0.2, 0.25) is 0 Å². The molecule has 0 fully saturated rings. The van der Waals surface area contributed by atoms with Crippen LogP contribution in [0.2, 0.25) is 0 Å². The Bertz CT molecular complexity index is 1850. The second-order valence-electron chi connectivity index (χ2n) is 11.4. The van der Waals surface area contributed by atoms with Crippen LogP contribution in [0.25, 0.3) is 12.2 Å². The molecule has 0 bridgehead atoms. The Labute approximate surface area is 275 Å². The maximum atomic E-state index is 11.9. The van der Waals surface area contributed by atoms with Crippen molar-refractivity contribution in [2.75, 3.05) is 20.8 Å². The number of benzene rings is 4. The van der Waals surface area contributed by atoms with Gasteiger partial charge in [0.15, 0.2) is 46.1 Å². The second kappa shape index (κ2) is 13.8. The Kier molecular flexibility index (Phi) is 9.62. The first kappa shape index (κ1) is 33.4. The first-order valence-electron chi connectivity index (χ1n) is 14.8. The number of methoxy groups -OCH3 is 2. The molecule has 248 valence electrons. The topological polar surface area (TPSA) is 183 Å². The van der Waals surface area contributed by atoms with Crippen LogP contribution in [0, 0.1) is 0 Å². The smallest absolute Gasteiger partial charge is 0.163 e. The number of hydrogen-bond acceptors (Lipinski definition) is 11. The molecule has 6 rings (SSSR count). The molecule has 0 saturated carbocycles. The van der Waals surface area contributed by atoms with Gasteiger partial charge in [0.05, 0.1) is 20.6 Å². The zero-order valence-electron chi connectivity index (χ0n) is 26.1. The lowest BCUT2D eigenvalue weighted by molar-refractivity contribution is -0.121. The van der Waals surface area contributed by atoms with Gasteiger partial charge in [-0.1, -0.05) is 30.4 Å². The number of phenols is 5. The van der Waals surface area contributed by atoms with Crippen LogP contribution in [0.4, 0.5) is 0 Å². The van der Waals surface area contributed by atoms with Gasteiger partial charge >= 0.3 is 0 Å². The summed E-state index contributed by atoms with van der Waals surface area (Å²) in [7, 11) is 2.87. The van der Waals surface area contributed by atoms with Crippen LogP contribution in [-0.2, 0) is 16.0 Å².